The molecule has 0 unspecified atom stereocenters. The van der Waals surface area contributed by atoms with Gasteiger partial charge in [-0.25, -0.2) is 5.43 Å². The van der Waals surface area contributed by atoms with Crippen molar-refractivity contribution >= 4 is 0 Å². The minimum atomic E-state index is 0.639. The Morgan fingerprint density at radius 2 is 2.05 bits per heavy atom. The Hall–Kier alpha value is -1.45. The molecule has 1 N–H and O–H groups in total. The van der Waals surface area contributed by atoms with Crippen LogP contribution in [0.5, 0.6) is 0 Å². The second-order valence-corrected chi connectivity index (χ2v) is 4.78. The largest absolute Gasteiger partial charge is 0.383 e. The number of hydrogen-bond donors (Lipinski definition) is 1. The number of nitrogens with one attached hydrogen (secondary N) is 1. The highest BCUT2D eigenvalue weighted by Gasteiger charge is 2.05. The molecule has 21 heavy (non-hydrogen) atoms. The fourth-order valence-corrected chi connectivity index (χ4v) is 1.84. The molecule has 1 aromatic rings. The molecule has 1 aromatic carbocycles. The van der Waals surface area contributed by atoms with Gasteiger partial charge in [-0.1, -0.05) is 36.8 Å². The molecule has 0 saturated heterocycles. The van der Waals surface area contributed by atoms with E-state index in [1.54, 1.807) is 7.11 Å². The zero-order chi connectivity index (χ0) is 15.2. The van der Waals surface area contributed by atoms with Crippen LogP contribution in [0.1, 0.15) is 31.2 Å². The number of hydrogen-bond acceptors (Lipinski definition) is 4. The van der Waals surface area contributed by atoms with E-state index >= 15 is 0 Å². The Morgan fingerprint density at radius 3 is 2.76 bits per heavy atom. The van der Waals surface area contributed by atoms with Gasteiger partial charge in [-0.15, -0.1) is 5.43 Å². The summed E-state index contributed by atoms with van der Waals surface area (Å²) in [6.45, 7) is 2.89. The number of nitriles is 1. The Labute approximate surface area is 127 Å². The van der Waals surface area contributed by atoms with Gasteiger partial charge in [-0.2, -0.15) is 10.4 Å². The van der Waals surface area contributed by atoms with Crippen LogP contribution in [0.15, 0.2) is 30.3 Å². The van der Waals surface area contributed by atoms with Crippen LogP contribution in [-0.2, 0) is 11.3 Å². The molecule has 1 radical (unpaired) electrons. The normalized spacial score (nSPS) is 10.7. The molecule has 0 spiro atoms. The second kappa shape index (κ2) is 12.3. The van der Waals surface area contributed by atoms with Gasteiger partial charge in [0.1, 0.15) is 0 Å². The lowest BCUT2D eigenvalue weighted by atomic mass is 10.2. The van der Waals surface area contributed by atoms with E-state index in [-0.39, 0.29) is 0 Å². The Balaban J connectivity index is 2.22. The van der Waals surface area contributed by atoms with Crippen molar-refractivity contribution in [3.63, 3.8) is 0 Å². The lowest BCUT2D eigenvalue weighted by Gasteiger charge is -2.22. The molecule has 0 fully saturated rings. The first-order valence-electron chi connectivity index (χ1n) is 7.45. The first-order chi connectivity index (χ1) is 10.4. The summed E-state index contributed by atoms with van der Waals surface area (Å²) in [5.74, 6) is 0. The summed E-state index contributed by atoms with van der Waals surface area (Å²) in [7, 11) is 1.69. The van der Waals surface area contributed by atoms with Crippen LogP contribution in [0.4, 0.5) is 0 Å². The van der Waals surface area contributed by atoms with Crippen molar-refractivity contribution in [2.45, 2.75) is 32.2 Å². The molecule has 5 nitrogen and oxygen atoms in total. The van der Waals surface area contributed by atoms with Crippen LogP contribution in [-0.4, -0.2) is 31.9 Å². The van der Waals surface area contributed by atoms with Crippen LogP contribution < -0.4 is 10.9 Å². The van der Waals surface area contributed by atoms with Gasteiger partial charge in [-0.3, -0.25) is 0 Å². The van der Waals surface area contributed by atoms with Gasteiger partial charge in [0, 0.05) is 20.1 Å². The average molecular weight is 289 g/mol. The molecule has 0 aliphatic heterocycles. The van der Waals surface area contributed by atoms with Crippen LogP contribution in [0.3, 0.4) is 0 Å². The van der Waals surface area contributed by atoms with Crippen molar-refractivity contribution in [2.75, 3.05) is 26.8 Å². The predicted molar refractivity (Wildman–Crippen MR) is 82.9 cm³/mol. The third-order valence-electron chi connectivity index (χ3n) is 3.03. The van der Waals surface area contributed by atoms with Crippen LogP contribution in [0.2, 0.25) is 0 Å². The maximum Gasteiger partial charge on any atom is 0.0621 e. The number of hydrazine groups is 1. The molecule has 115 valence electrons. The number of benzene rings is 1. The summed E-state index contributed by atoms with van der Waals surface area (Å²) in [6, 6.07) is 12.4. The Kier molecular flexibility index (Phi) is 10.3. The van der Waals surface area contributed by atoms with E-state index in [0.717, 1.165) is 32.4 Å². The Bertz CT molecular complexity index is 391. The zero-order valence-electron chi connectivity index (χ0n) is 12.8. The van der Waals surface area contributed by atoms with Crippen molar-refractivity contribution in [2.24, 2.45) is 0 Å². The topological polar surface area (TPSA) is 62.4 Å². The first kappa shape index (κ1) is 17.6. The molecule has 0 atom stereocenters. The van der Waals surface area contributed by atoms with Crippen molar-refractivity contribution in [3.8, 4) is 6.07 Å². The minimum Gasteiger partial charge on any atom is -0.383 e. The quantitative estimate of drug-likeness (QED) is 0.473. The molecular weight excluding hydrogens is 264 g/mol. The Morgan fingerprint density at radius 1 is 1.24 bits per heavy atom. The maximum atomic E-state index is 8.48. The summed E-state index contributed by atoms with van der Waals surface area (Å²) < 4.78 is 5.11. The number of nitrogens with zero attached hydrogens (tertiary/aromatic N) is 3. The maximum absolute atomic E-state index is 8.48. The van der Waals surface area contributed by atoms with Crippen LogP contribution >= 0.6 is 0 Å². The number of ether oxygens (including phenoxy) is 1. The highest BCUT2D eigenvalue weighted by Crippen LogP contribution is 2.00. The van der Waals surface area contributed by atoms with E-state index < -0.39 is 0 Å². The molecule has 0 amide bonds. The van der Waals surface area contributed by atoms with E-state index in [2.05, 4.69) is 29.1 Å². The third-order valence-corrected chi connectivity index (χ3v) is 3.03. The zero-order valence-corrected chi connectivity index (χ0v) is 12.8. The summed E-state index contributed by atoms with van der Waals surface area (Å²) in [6.07, 6.45) is 3.73. The second-order valence-electron chi connectivity index (χ2n) is 4.78. The van der Waals surface area contributed by atoms with Crippen LogP contribution in [0, 0.1) is 11.3 Å². The number of methoxy groups -OCH3 is 1. The molecule has 5 heteroatoms. The fraction of sp³-hybridized carbons (Fsp3) is 0.562. The summed E-state index contributed by atoms with van der Waals surface area (Å²) >= 11 is 0. The minimum absolute atomic E-state index is 0.639. The van der Waals surface area contributed by atoms with Crippen molar-refractivity contribution in [1.82, 2.24) is 16.0 Å². The molecule has 0 bridgehead atoms. The van der Waals surface area contributed by atoms with Crippen molar-refractivity contribution < 1.29 is 4.74 Å². The fourth-order valence-electron chi connectivity index (χ4n) is 1.84. The molecular formula is C16H25N4O. The van der Waals surface area contributed by atoms with Gasteiger partial charge in [0.15, 0.2) is 0 Å². The van der Waals surface area contributed by atoms with Crippen molar-refractivity contribution in [3.05, 3.63) is 35.9 Å². The average Bonchev–Trinajstić information content (AvgIpc) is 2.53. The molecule has 0 aromatic heterocycles. The van der Waals surface area contributed by atoms with E-state index in [9.17, 15) is 0 Å². The van der Waals surface area contributed by atoms with Gasteiger partial charge in [0.25, 0.3) is 0 Å². The number of rotatable bonds is 12. The summed E-state index contributed by atoms with van der Waals surface area (Å²) in [5, 5.41) is 10.3. The van der Waals surface area contributed by atoms with Gasteiger partial charge in [-0.05, 0) is 18.4 Å². The monoisotopic (exact) mass is 289 g/mol. The van der Waals surface area contributed by atoms with Gasteiger partial charge < -0.3 is 4.74 Å². The predicted octanol–water partition coefficient (Wildman–Crippen LogP) is 2.24. The molecule has 1 rings (SSSR count). The summed E-state index contributed by atoms with van der Waals surface area (Å²) in [4.78, 5) is 0. The van der Waals surface area contributed by atoms with E-state index in [0.29, 0.717) is 19.6 Å². The summed E-state index contributed by atoms with van der Waals surface area (Å²) in [5.41, 5.74) is 9.05. The molecule has 0 saturated carbocycles. The molecule has 0 heterocycles. The lowest BCUT2D eigenvalue weighted by Crippen LogP contribution is -2.45. The van der Waals surface area contributed by atoms with E-state index in [1.807, 2.05) is 23.3 Å². The highest BCUT2D eigenvalue weighted by atomic mass is 16.5. The van der Waals surface area contributed by atoms with Gasteiger partial charge in [0.05, 0.1) is 25.8 Å². The lowest BCUT2D eigenvalue weighted by molar-refractivity contribution is 0.0618. The van der Waals surface area contributed by atoms with Crippen LogP contribution in [0.25, 0.3) is 0 Å². The standard InChI is InChI=1S/C16H25N4O/c1-21-14-13-20(18-12-8-3-2-7-11-17)19-15-16-9-5-4-6-10-16/h4-6,9-10,18H,2-3,7-8,12-15H2,1H3. The third kappa shape index (κ3) is 9.16. The highest BCUT2D eigenvalue weighted by molar-refractivity contribution is 5.13. The SMILES string of the molecule is COCCN([N]Cc1ccccc1)NCCCCCC#N. The molecule has 0 aliphatic rings. The number of unbranched alkanes of at least 4 members (excludes halogenated alkanes) is 3. The first-order valence-corrected chi connectivity index (χ1v) is 7.45. The smallest absolute Gasteiger partial charge is 0.0621 e. The van der Waals surface area contributed by atoms with Gasteiger partial charge in [0.2, 0.25) is 0 Å². The van der Waals surface area contributed by atoms with E-state index in [4.69, 9.17) is 10.00 Å². The molecule has 0 aliphatic carbocycles. The van der Waals surface area contributed by atoms with Gasteiger partial charge >= 0.3 is 0 Å². The van der Waals surface area contributed by atoms with Crippen molar-refractivity contribution in [1.29, 1.82) is 5.26 Å². The van der Waals surface area contributed by atoms with E-state index in [1.165, 1.54) is 5.56 Å².